The second-order valence-electron chi connectivity index (χ2n) is 5.93. The summed E-state index contributed by atoms with van der Waals surface area (Å²) in [6, 6.07) is 9.18. The fourth-order valence-electron chi connectivity index (χ4n) is 2.77. The first-order valence-electron chi connectivity index (χ1n) is 8.62. The predicted molar refractivity (Wildman–Crippen MR) is 101 cm³/mol. The van der Waals surface area contributed by atoms with E-state index in [1.165, 1.54) is 0 Å². The molecule has 3 aromatic rings. The van der Waals surface area contributed by atoms with Crippen LogP contribution in [0.3, 0.4) is 0 Å². The molecule has 0 atom stereocenters. The van der Waals surface area contributed by atoms with Crippen LogP contribution in [0.2, 0.25) is 0 Å². The summed E-state index contributed by atoms with van der Waals surface area (Å²) >= 11 is 0. The van der Waals surface area contributed by atoms with Gasteiger partial charge in [-0.05, 0) is 37.6 Å². The highest BCUT2D eigenvalue weighted by Crippen LogP contribution is 2.33. The van der Waals surface area contributed by atoms with Crippen molar-refractivity contribution in [2.45, 2.75) is 20.4 Å². The standard InChI is InChI=1S/C20H20N4O3/c1-3-26-19-11-15(16-10-14(2)23-20(25)17(16)12-21)4-5-18(19)27-9-8-24-7-6-22-13-24/h4-7,10-11,13H,3,8-9H2,1-2H3,(H,23,25). The van der Waals surface area contributed by atoms with Gasteiger partial charge in [-0.1, -0.05) is 6.07 Å². The van der Waals surface area contributed by atoms with Crippen molar-refractivity contribution >= 4 is 0 Å². The van der Waals surface area contributed by atoms with Gasteiger partial charge in [0.05, 0.1) is 19.5 Å². The minimum absolute atomic E-state index is 0.0804. The SMILES string of the molecule is CCOc1cc(-c2cc(C)[nH]c(=O)c2C#N)ccc1OCCn1ccnc1. The highest BCUT2D eigenvalue weighted by Gasteiger charge is 2.13. The molecular weight excluding hydrogens is 344 g/mol. The second-order valence-corrected chi connectivity index (χ2v) is 5.93. The van der Waals surface area contributed by atoms with Crippen LogP contribution >= 0.6 is 0 Å². The van der Waals surface area contributed by atoms with E-state index in [9.17, 15) is 10.1 Å². The Bertz CT molecular complexity index is 1020. The van der Waals surface area contributed by atoms with Crippen LogP contribution in [0.15, 0.2) is 47.8 Å². The lowest BCUT2D eigenvalue weighted by Crippen LogP contribution is -2.12. The number of rotatable bonds is 7. The minimum atomic E-state index is -0.397. The molecule has 0 fully saturated rings. The Morgan fingerprint density at radius 1 is 1.26 bits per heavy atom. The van der Waals surface area contributed by atoms with E-state index in [1.807, 2.05) is 29.8 Å². The summed E-state index contributed by atoms with van der Waals surface area (Å²) in [6.45, 7) is 5.27. The number of pyridine rings is 1. The number of imidazole rings is 1. The Balaban J connectivity index is 1.90. The molecule has 138 valence electrons. The first-order valence-corrected chi connectivity index (χ1v) is 8.62. The fraction of sp³-hybridized carbons (Fsp3) is 0.250. The van der Waals surface area contributed by atoms with E-state index in [4.69, 9.17) is 9.47 Å². The number of benzene rings is 1. The summed E-state index contributed by atoms with van der Waals surface area (Å²) in [5.41, 5.74) is 1.67. The van der Waals surface area contributed by atoms with Crippen LogP contribution < -0.4 is 15.0 Å². The predicted octanol–water partition coefficient (Wildman–Crippen LogP) is 2.90. The number of nitrogens with one attached hydrogen (secondary N) is 1. The summed E-state index contributed by atoms with van der Waals surface area (Å²) in [4.78, 5) is 18.7. The van der Waals surface area contributed by atoms with E-state index in [-0.39, 0.29) is 5.56 Å². The highest BCUT2D eigenvalue weighted by molar-refractivity contribution is 5.72. The van der Waals surface area contributed by atoms with E-state index < -0.39 is 5.56 Å². The monoisotopic (exact) mass is 364 g/mol. The van der Waals surface area contributed by atoms with Crippen LogP contribution in [-0.2, 0) is 6.54 Å². The van der Waals surface area contributed by atoms with Gasteiger partial charge in [0.15, 0.2) is 11.5 Å². The Morgan fingerprint density at radius 3 is 2.81 bits per heavy atom. The van der Waals surface area contributed by atoms with Gasteiger partial charge in [-0.2, -0.15) is 5.26 Å². The Kier molecular flexibility index (Phi) is 5.57. The summed E-state index contributed by atoms with van der Waals surface area (Å²) in [5, 5.41) is 9.35. The van der Waals surface area contributed by atoms with Gasteiger partial charge in [0.2, 0.25) is 0 Å². The van der Waals surface area contributed by atoms with Crippen LogP contribution in [0.25, 0.3) is 11.1 Å². The normalized spacial score (nSPS) is 10.4. The van der Waals surface area contributed by atoms with Crippen LogP contribution in [-0.4, -0.2) is 27.7 Å². The Hall–Kier alpha value is -3.53. The zero-order valence-electron chi connectivity index (χ0n) is 15.2. The number of H-pyrrole nitrogens is 1. The molecule has 0 aliphatic carbocycles. The zero-order chi connectivity index (χ0) is 19.2. The van der Waals surface area contributed by atoms with E-state index in [0.717, 1.165) is 5.56 Å². The molecule has 7 heteroatoms. The number of nitriles is 1. The minimum Gasteiger partial charge on any atom is -0.490 e. The largest absolute Gasteiger partial charge is 0.490 e. The van der Waals surface area contributed by atoms with Gasteiger partial charge in [0.1, 0.15) is 18.2 Å². The molecule has 0 aliphatic heterocycles. The number of ether oxygens (including phenoxy) is 2. The number of hydrogen-bond donors (Lipinski definition) is 1. The molecule has 0 saturated carbocycles. The molecule has 7 nitrogen and oxygen atoms in total. The molecule has 0 radical (unpaired) electrons. The highest BCUT2D eigenvalue weighted by atomic mass is 16.5. The van der Waals surface area contributed by atoms with Crippen molar-refractivity contribution in [1.29, 1.82) is 5.26 Å². The average Bonchev–Trinajstić information content (AvgIpc) is 3.16. The summed E-state index contributed by atoms with van der Waals surface area (Å²) in [7, 11) is 0. The molecule has 0 spiro atoms. The molecule has 0 unspecified atom stereocenters. The second kappa shape index (κ2) is 8.23. The van der Waals surface area contributed by atoms with Crippen molar-refractivity contribution in [2.24, 2.45) is 0 Å². The summed E-state index contributed by atoms with van der Waals surface area (Å²) in [6.07, 6.45) is 5.32. The molecule has 0 aliphatic rings. The maximum absolute atomic E-state index is 12.1. The molecule has 3 rings (SSSR count). The van der Waals surface area contributed by atoms with Gasteiger partial charge in [0.25, 0.3) is 5.56 Å². The van der Waals surface area contributed by atoms with Crippen LogP contribution in [0.5, 0.6) is 11.5 Å². The van der Waals surface area contributed by atoms with Crippen LogP contribution in [0.4, 0.5) is 0 Å². The van der Waals surface area contributed by atoms with E-state index >= 15 is 0 Å². The van der Waals surface area contributed by atoms with Gasteiger partial charge < -0.3 is 19.0 Å². The number of aryl methyl sites for hydroxylation is 1. The lowest BCUT2D eigenvalue weighted by Gasteiger charge is -2.14. The van der Waals surface area contributed by atoms with Crippen molar-refractivity contribution < 1.29 is 9.47 Å². The summed E-state index contributed by atoms with van der Waals surface area (Å²) in [5.74, 6) is 1.18. The van der Waals surface area contributed by atoms with E-state index in [2.05, 4.69) is 9.97 Å². The molecule has 2 aromatic heterocycles. The Labute approximate surface area is 156 Å². The fourth-order valence-corrected chi connectivity index (χ4v) is 2.77. The summed E-state index contributed by atoms with van der Waals surface area (Å²) < 4.78 is 13.5. The Morgan fingerprint density at radius 2 is 2.11 bits per heavy atom. The molecular formula is C20H20N4O3. The van der Waals surface area contributed by atoms with Crippen molar-refractivity contribution in [3.05, 3.63) is 64.6 Å². The zero-order valence-corrected chi connectivity index (χ0v) is 15.2. The molecule has 1 aromatic carbocycles. The third kappa shape index (κ3) is 4.18. The third-order valence-electron chi connectivity index (χ3n) is 4.00. The molecule has 0 amide bonds. The molecule has 0 saturated heterocycles. The number of aromatic nitrogens is 3. The topological polar surface area (TPSA) is 92.9 Å². The van der Waals surface area contributed by atoms with Crippen molar-refractivity contribution in [3.63, 3.8) is 0 Å². The van der Waals surface area contributed by atoms with Crippen molar-refractivity contribution in [2.75, 3.05) is 13.2 Å². The van der Waals surface area contributed by atoms with Crippen LogP contribution in [0.1, 0.15) is 18.2 Å². The van der Waals surface area contributed by atoms with Crippen molar-refractivity contribution in [1.82, 2.24) is 14.5 Å². The first-order chi connectivity index (χ1) is 13.1. The van der Waals surface area contributed by atoms with Gasteiger partial charge >= 0.3 is 0 Å². The van der Waals surface area contributed by atoms with E-state index in [0.29, 0.717) is 42.5 Å². The van der Waals surface area contributed by atoms with Crippen molar-refractivity contribution in [3.8, 4) is 28.7 Å². The number of nitrogens with zero attached hydrogens (tertiary/aromatic N) is 3. The quantitative estimate of drug-likeness (QED) is 0.696. The molecule has 2 heterocycles. The molecule has 27 heavy (non-hydrogen) atoms. The first kappa shape index (κ1) is 18.3. The van der Waals surface area contributed by atoms with Gasteiger partial charge in [-0.15, -0.1) is 0 Å². The van der Waals surface area contributed by atoms with Gasteiger partial charge in [-0.3, -0.25) is 4.79 Å². The lowest BCUT2D eigenvalue weighted by atomic mass is 10.0. The molecule has 0 bridgehead atoms. The third-order valence-corrected chi connectivity index (χ3v) is 4.00. The van der Waals surface area contributed by atoms with Crippen LogP contribution in [0, 0.1) is 18.3 Å². The average molecular weight is 364 g/mol. The lowest BCUT2D eigenvalue weighted by molar-refractivity contribution is 0.266. The molecule has 1 N–H and O–H groups in total. The van der Waals surface area contributed by atoms with E-state index in [1.54, 1.807) is 37.6 Å². The smallest absolute Gasteiger partial charge is 0.266 e. The van der Waals surface area contributed by atoms with Gasteiger partial charge in [0, 0.05) is 23.7 Å². The number of hydrogen-bond acceptors (Lipinski definition) is 5. The maximum atomic E-state index is 12.1. The number of aromatic amines is 1. The maximum Gasteiger partial charge on any atom is 0.266 e. The van der Waals surface area contributed by atoms with Gasteiger partial charge in [-0.25, -0.2) is 4.98 Å².